The first-order valence-corrected chi connectivity index (χ1v) is 22.6. The van der Waals surface area contributed by atoms with Gasteiger partial charge in [-0.15, -0.1) is 0 Å². The molecule has 10 atom stereocenters. The van der Waals surface area contributed by atoms with Gasteiger partial charge in [0.1, 0.15) is 0 Å². The lowest BCUT2D eigenvalue weighted by Crippen LogP contribution is -2.54. The van der Waals surface area contributed by atoms with Gasteiger partial charge >= 0.3 is 7.12 Å². The van der Waals surface area contributed by atoms with Gasteiger partial charge < -0.3 is 36.0 Å². The third-order valence-electron chi connectivity index (χ3n) is 15.8. The van der Waals surface area contributed by atoms with Crippen LogP contribution in [0.3, 0.4) is 0 Å². The zero-order chi connectivity index (χ0) is 43.2. The average molecular weight is 830 g/mol. The summed E-state index contributed by atoms with van der Waals surface area (Å²) in [6.07, 6.45) is 14.2. The summed E-state index contributed by atoms with van der Waals surface area (Å²) in [6.45, 7) is 8.21. The van der Waals surface area contributed by atoms with Gasteiger partial charge in [0.15, 0.2) is 0 Å². The number of fused-ring (bicyclic) bond motifs is 5. The molecule has 60 heavy (non-hydrogen) atoms. The number of anilines is 1. The number of aliphatic hydroxyl groups is 1. The van der Waals surface area contributed by atoms with Crippen molar-refractivity contribution >= 4 is 41.7 Å². The number of hydrogen-bond acceptors (Lipinski definition) is 9. The Labute approximate surface area is 356 Å². The number of para-hydroxylation sites is 1. The number of likely N-dealkylation sites (N-methyl/N-ethyl adjacent to an activating group) is 1. The van der Waals surface area contributed by atoms with Crippen molar-refractivity contribution in [2.75, 3.05) is 31.6 Å². The molecule has 0 aliphatic heterocycles. The topological polar surface area (TPSA) is 194 Å². The Hall–Kier alpha value is -3.85. The summed E-state index contributed by atoms with van der Waals surface area (Å²) >= 11 is 0. The second-order valence-electron chi connectivity index (χ2n) is 19.0. The van der Waals surface area contributed by atoms with E-state index >= 15 is 0 Å². The van der Waals surface area contributed by atoms with Crippen LogP contribution < -0.4 is 26.3 Å². The first kappa shape index (κ1) is 45.7. The third-order valence-corrected chi connectivity index (χ3v) is 15.8. The fraction of sp³-hybridized carbons (Fsp3) is 0.674. The van der Waals surface area contributed by atoms with Gasteiger partial charge in [0.05, 0.1) is 17.1 Å². The zero-order valence-electron chi connectivity index (χ0n) is 36.1. The molecule has 14 heteroatoms. The SMILES string of the molecule is CNC(CCCCNC(=O)CCC(C)C1CCC2C3CC[C@H]4C[C@@H](O)CC[C@@]4(C)C3CC[C@@]12C)C(=O)N(CCNC(=O)c1cc(B(O)O)cc([N+](=O)[O-])c1)c1ccccc1. The molecule has 4 aliphatic rings. The lowest BCUT2D eigenvalue weighted by atomic mass is 9.44. The van der Waals surface area contributed by atoms with Crippen molar-refractivity contribution in [2.24, 2.45) is 46.3 Å². The number of benzene rings is 2. The van der Waals surface area contributed by atoms with Crippen LogP contribution >= 0.6 is 0 Å². The minimum Gasteiger partial charge on any atom is -0.423 e. The van der Waals surface area contributed by atoms with E-state index in [1.54, 1.807) is 11.9 Å². The average Bonchev–Trinajstić information content (AvgIpc) is 3.60. The van der Waals surface area contributed by atoms with Crippen molar-refractivity contribution in [1.29, 1.82) is 0 Å². The van der Waals surface area contributed by atoms with Crippen LogP contribution in [0.4, 0.5) is 11.4 Å². The van der Waals surface area contributed by atoms with Gasteiger partial charge in [0, 0.05) is 49.4 Å². The number of rotatable bonds is 18. The summed E-state index contributed by atoms with van der Waals surface area (Å²) in [5.74, 6) is 3.47. The molecule has 4 fully saturated rings. The van der Waals surface area contributed by atoms with E-state index in [1.165, 1.54) is 51.0 Å². The van der Waals surface area contributed by atoms with Crippen molar-refractivity contribution in [1.82, 2.24) is 16.0 Å². The highest BCUT2D eigenvalue weighted by Gasteiger charge is 2.60. The molecule has 2 aromatic carbocycles. The normalized spacial score (nSPS) is 29.2. The molecule has 0 radical (unpaired) electrons. The van der Waals surface area contributed by atoms with Crippen molar-refractivity contribution in [3.63, 3.8) is 0 Å². The van der Waals surface area contributed by atoms with Gasteiger partial charge in [-0.1, -0.05) is 39.0 Å². The second-order valence-corrected chi connectivity index (χ2v) is 19.0. The summed E-state index contributed by atoms with van der Waals surface area (Å²) < 4.78 is 0. The number of amides is 3. The first-order valence-electron chi connectivity index (χ1n) is 22.6. The lowest BCUT2D eigenvalue weighted by molar-refractivity contribution is -0.384. The van der Waals surface area contributed by atoms with Gasteiger partial charge in [0.2, 0.25) is 11.8 Å². The molecule has 6 unspecified atom stereocenters. The molecule has 0 bridgehead atoms. The molecule has 0 spiro atoms. The number of nitro benzene ring substituents is 1. The van der Waals surface area contributed by atoms with E-state index in [0.717, 1.165) is 55.6 Å². The Balaban J connectivity index is 0.936. The molecule has 328 valence electrons. The quantitative estimate of drug-likeness (QED) is 0.0498. The van der Waals surface area contributed by atoms with E-state index in [4.69, 9.17) is 0 Å². The van der Waals surface area contributed by atoms with Crippen LogP contribution in [0, 0.1) is 56.5 Å². The molecular formula is C46H68BN5O8. The Morgan fingerprint density at radius 2 is 1.65 bits per heavy atom. The molecule has 0 heterocycles. The molecule has 6 N–H and O–H groups in total. The fourth-order valence-corrected chi connectivity index (χ4v) is 12.5. The molecule has 2 aromatic rings. The van der Waals surface area contributed by atoms with Crippen LogP contribution in [0.1, 0.15) is 121 Å². The number of nitrogens with one attached hydrogen (secondary N) is 3. The minimum absolute atomic E-state index is 0.0358. The smallest absolute Gasteiger partial charge is 0.423 e. The van der Waals surface area contributed by atoms with Crippen LogP contribution in [0.15, 0.2) is 48.5 Å². The minimum atomic E-state index is -1.99. The molecule has 13 nitrogen and oxygen atoms in total. The van der Waals surface area contributed by atoms with Crippen molar-refractivity contribution in [3.8, 4) is 0 Å². The van der Waals surface area contributed by atoms with Gasteiger partial charge in [0.25, 0.3) is 11.6 Å². The maximum Gasteiger partial charge on any atom is 0.488 e. The van der Waals surface area contributed by atoms with Gasteiger partial charge in [-0.3, -0.25) is 24.5 Å². The number of non-ortho nitro benzene ring substituents is 1. The summed E-state index contributed by atoms with van der Waals surface area (Å²) in [6, 6.07) is 11.8. The Morgan fingerprint density at radius 1 is 0.917 bits per heavy atom. The predicted molar refractivity (Wildman–Crippen MR) is 233 cm³/mol. The zero-order valence-corrected chi connectivity index (χ0v) is 36.1. The summed E-state index contributed by atoms with van der Waals surface area (Å²) in [5.41, 5.74) is 0.656. The van der Waals surface area contributed by atoms with Gasteiger partial charge in [-0.2, -0.15) is 0 Å². The Kier molecular flexibility index (Phi) is 15.2. The monoisotopic (exact) mass is 830 g/mol. The lowest BCUT2D eigenvalue weighted by Gasteiger charge is -2.61. The van der Waals surface area contributed by atoms with Gasteiger partial charge in [-0.25, -0.2) is 0 Å². The summed E-state index contributed by atoms with van der Waals surface area (Å²) in [5, 5.41) is 49.9. The van der Waals surface area contributed by atoms with E-state index in [-0.39, 0.29) is 42.0 Å². The maximum absolute atomic E-state index is 13.9. The summed E-state index contributed by atoms with van der Waals surface area (Å²) in [4.78, 5) is 52.2. The number of aliphatic hydroxyl groups excluding tert-OH is 1. The van der Waals surface area contributed by atoms with E-state index in [9.17, 15) is 39.7 Å². The van der Waals surface area contributed by atoms with E-state index < -0.39 is 29.7 Å². The number of nitro groups is 1. The first-order chi connectivity index (χ1) is 28.7. The second kappa shape index (κ2) is 19.9. The van der Waals surface area contributed by atoms with Crippen LogP contribution in [0.5, 0.6) is 0 Å². The van der Waals surface area contributed by atoms with E-state index in [2.05, 4.69) is 36.7 Å². The number of unbranched alkanes of at least 4 members (excludes halogenated alkanes) is 1. The molecule has 0 aromatic heterocycles. The highest BCUT2D eigenvalue weighted by Crippen LogP contribution is 2.68. The highest BCUT2D eigenvalue weighted by molar-refractivity contribution is 6.58. The van der Waals surface area contributed by atoms with Gasteiger partial charge in [-0.05, 0) is 161 Å². The molecule has 3 amide bonds. The molecule has 6 rings (SSSR count). The number of carbonyl (C=O) groups excluding carboxylic acids is 3. The Morgan fingerprint density at radius 3 is 2.37 bits per heavy atom. The largest absolute Gasteiger partial charge is 0.488 e. The molecular weight excluding hydrogens is 761 g/mol. The van der Waals surface area contributed by atoms with Crippen molar-refractivity contribution in [2.45, 2.75) is 123 Å². The van der Waals surface area contributed by atoms with Crippen LogP contribution in [0.2, 0.25) is 0 Å². The number of nitrogens with zero attached hydrogens (tertiary/aromatic N) is 2. The number of hydrogen-bond donors (Lipinski definition) is 6. The fourth-order valence-electron chi connectivity index (χ4n) is 12.5. The van der Waals surface area contributed by atoms with Crippen LogP contribution in [-0.2, 0) is 9.59 Å². The molecule has 4 aliphatic carbocycles. The summed E-state index contributed by atoms with van der Waals surface area (Å²) in [7, 11) is -0.253. The number of carbonyl (C=O) groups is 3. The van der Waals surface area contributed by atoms with Crippen molar-refractivity contribution < 1.29 is 34.5 Å². The maximum atomic E-state index is 13.9. The van der Waals surface area contributed by atoms with Crippen LogP contribution in [-0.4, -0.2) is 83.7 Å². The van der Waals surface area contributed by atoms with E-state index in [0.29, 0.717) is 60.1 Å². The van der Waals surface area contributed by atoms with Crippen LogP contribution in [0.25, 0.3) is 0 Å². The molecule has 0 saturated heterocycles. The predicted octanol–water partition coefficient (Wildman–Crippen LogP) is 5.35. The van der Waals surface area contributed by atoms with E-state index in [1.807, 2.05) is 30.3 Å². The standard InChI is InChI=1S/C46H68BN5O8/c1-30(38-16-17-39-37-15-14-32-28-36(53)19-21-45(32,2)40(37)20-22-46(38,39)3)13-18-42(54)49-23-9-8-12-41(48-4)44(56)51(34-10-6-5-7-11-34)25-24-50-43(55)31-26-33(47(57)58)29-35(27-31)52(59)60/h5-7,10-11,26-27,29-30,32,36-41,48,53,57-58H,8-9,12-25,28H2,1-4H3,(H,49,54)(H,50,55)/t30?,32-,36-,37?,38?,39?,40?,41?,45+,46-/m0/s1. The molecule has 4 saturated carbocycles. The Bertz CT molecular complexity index is 1820. The van der Waals surface area contributed by atoms with Crippen molar-refractivity contribution in [3.05, 3.63) is 64.2 Å². The highest BCUT2D eigenvalue weighted by atomic mass is 16.6. The third kappa shape index (κ3) is 10.1.